The summed E-state index contributed by atoms with van der Waals surface area (Å²) < 4.78 is 6.03. The standard InChI is InChI=1S/C21H14O4S/c22-13-1-4-17-11(8-13)7-12-9-14(23)2-5-18(12)21(17)19-6-3-15(26)10-16(19)20(24)25-21/h1-6,8-10,22-23,26H,7H2/p+1. The Morgan fingerprint density at radius 3 is 2.46 bits per heavy atom. The van der Waals surface area contributed by atoms with Crippen molar-refractivity contribution in [1.82, 2.24) is 0 Å². The summed E-state index contributed by atoms with van der Waals surface area (Å²) in [5.74, 6) is 0.176. The number of carbonyl (C=O) groups excluding carboxylic acids is 1. The fourth-order valence-electron chi connectivity index (χ4n) is 4.16. The Kier molecular flexibility index (Phi) is 2.98. The van der Waals surface area contributed by atoms with Crippen LogP contribution in [0.4, 0.5) is 0 Å². The van der Waals surface area contributed by atoms with Crippen LogP contribution >= 0.6 is 12.6 Å². The van der Waals surface area contributed by atoms with Crippen LogP contribution in [-0.4, -0.2) is 16.2 Å². The average Bonchev–Trinajstić information content (AvgIpc) is 2.87. The lowest BCUT2D eigenvalue weighted by Crippen LogP contribution is -2.34. The van der Waals surface area contributed by atoms with Gasteiger partial charge in [-0.25, -0.2) is 4.79 Å². The van der Waals surface area contributed by atoms with Gasteiger partial charge in [-0.05, 0) is 47.9 Å². The zero-order valence-corrected chi connectivity index (χ0v) is 14.5. The maximum atomic E-state index is 12.7. The highest BCUT2D eigenvalue weighted by Gasteiger charge is 2.52. The number of fused-ring (bicyclic) bond motifs is 6. The first-order valence-corrected chi connectivity index (χ1v) is 8.68. The van der Waals surface area contributed by atoms with Crippen LogP contribution in [0.1, 0.15) is 38.2 Å². The van der Waals surface area contributed by atoms with Gasteiger partial charge in [0.2, 0.25) is 0 Å². The van der Waals surface area contributed by atoms with Crippen molar-refractivity contribution in [3.05, 3.63) is 88.0 Å². The molecule has 2 aliphatic rings. The van der Waals surface area contributed by atoms with Gasteiger partial charge in [-0.15, -0.1) is 12.6 Å². The number of esters is 1. The predicted molar refractivity (Wildman–Crippen MR) is 99.4 cm³/mol. The van der Waals surface area contributed by atoms with Gasteiger partial charge in [-0.2, -0.15) is 0 Å². The van der Waals surface area contributed by atoms with Crippen molar-refractivity contribution in [3.63, 3.8) is 0 Å². The first-order chi connectivity index (χ1) is 12.5. The third-order valence-corrected chi connectivity index (χ3v) is 5.46. The molecule has 1 unspecified atom stereocenters. The molecule has 0 saturated carbocycles. The second-order valence-electron chi connectivity index (χ2n) is 6.69. The number of carbonyl (C=O) groups is 1. The Balaban J connectivity index is 1.90. The van der Waals surface area contributed by atoms with Crippen LogP contribution in [0.5, 0.6) is 11.5 Å². The number of thiol groups is 1. The van der Waals surface area contributed by atoms with E-state index in [0.717, 1.165) is 27.8 Å². The van der Waals surface area contributed by atoms with E-state index >= 15 is 0 Å². The summed E-state index contributed by atoms with van der Waals surface area (Å²) in [6, 6.07) is 16.0. The quantitative estimate of drug-likeness (QED) is 0.365. The Bertz CT molecular complexity index is 1050. The van der Waals surface area contributed by atoms with Crippen LogP contribution in [0.2, 0.25) is 0 Å². The molecule has 3 N–H and O–H groups in total. The summed E-state index contributed by atoms with van der Waals surface area (Å²) in [5, 5.41) is 17.9. The molecule has 1 aliphatic carbocycles. The number of benzene rings is 3. The van der Waals surface area contributed by atoms with E-state index in [0.29, 0.717) is 22.6 Å². The van der Waals surface area contributed by atoms with Gasteiger partial charge < -0.3 is 14.9 Å². The van der Waals surface area contributed by atoms with E-state index in [9.17, 15) is 9.90 Å². The zero-order chi connectivity index (χ0) is 18.1. The second-order valence-corrected chi connectivity index (χ2v) is 7.21. The van der Waals surface area contributed by atoms with Crippen LogP contribution in [0.15, 0.2) is 59.5 Å². The first-order valence-electron chi connectivity index (χ1n) is 8.23. The summed E-state index contributed by atoms with van der Waals surface area (Å²) in [4.78, 5) is 13.4. The van der Waals surface area contributed by atoms with E-state index in [4.69, 9.17) is 9.84 Å². The van der Waals surface area contributed by atoms with Gasteiger partial charge in [0, 0.05) is 33.7 Å². The van der Waals surface area contributed by atoms with Crippen molar-refractivity contribution < 1.29 is 19.7 Å². The van der Waals surface area contributed by atoms with Gasteiger partial charge in [-0.3, -0.25) is 0 Å². The number of phenolic OH excluding ortho intramolecular Hbond substituents is 1. The zero-order valence-electron chi connectivity index (χ0n) is 13.6. The molecule has 0 bridgehead atoms. The van der Waals surface area contributed by atoms with Crippen LogP contribution in [0.3, 0.4) is 0 Å². The normalized spacial score (nSPS) is 19.7. The molecule has 3 aromatic rings. The van der Waals surface area contributed by atoms with Gasteiger partial charge in [0.15, 0.2) is 5.60 Å². The average molecular weight is 363 g/mol. The van der Waals surface area contributed by atoms with Crippen molar-refractivity contribution in [2.24, 2.45) is 0 Å². The number of hydrogen-bond donors (Lipinski definition) is 2. The van der Waals surface area contributed by atoms with Gasteiger partial charge in [0.25, 0.3) is 5.75 Å². The van der Waals surface area contributed by atoms with Crippen LogP contribution in [0, 0.1) is 0 Å². The molecule has 1 atom stereocenters. The Morgan fingerprint density at radius 1 is 0.962 bits per heavy atom. The third-order valence-electron chi connectivity index (χ3n) is 5.18. The Labute approximate surface area is 155 Å². The number of ether oxygens (including phenoxy) is 1. The molecule has 0 saturated heterocycles. The van der Waals surface area contributed by atoms with E-state index in [-0.39, 0.29) is 5.75 Å². The molecule has 3 aromatic carbocycles. The third kappa shape index (κ3) is 1.89. The van der Waals surface area contributed by atoms with Crippen LogP contribution in [0.25, 0.3) is 0 Å². The number of aromatic hydroxyl groups is 1. The molecule has 0 aromatic heterocycles. The molecule has 5 heteroatoms. The fraction of sp³-hybridized carbons (Fsp3) is 0.0952. The summed E-state index contributed by atoms with van der Waals surface area (Å²) in [6.07, 6.45) is 0.574. The topological polar surface area (TPSA) is 69.4 Å². The molecular weight excluding hydrogens is 348 g/mol. The monoisotopic (exact) mass is 363 g/mol. The van der Waals surface area contributed by atoms with Crippen molar-refractivity contribution in [2.75, 3.05) is 0 Å². The van der Waals surface area contributed by atoms with Gasteiger partial charge in [-0.1, -0.05) is 12.1 Å². The van der Waals surface area contributed by atoms with E-state index in [1.165, 1.54) is 0 Å². The highest BCUT2D eigenvalue weighted by molar-refractivity contribution is 7.80. The molecule has 26 heavy (non-hydrogen) atoms. The number of phenols is 1. The van der Waals surface area contributed by atoms with E-state index in [1.807, 2.05) is 24.3 Å². The van der Waals surface area contributed by atoms with E-state index in [1.54, 1.807) is 30.3 Å². The van der Waals surface area contributed by atoms with E-state index in [2.05, 4.69) is 12.6 Å². The van der Waals surface area contributed by atoms with Gasteiger partial charge in [0.05, 0.1) is 5.56 Å². The molecule has 4 nitrogen and oxygen atoms in total. The molecule has 0 fully saturated rings. The molecule has 0 radical (unpaired) electrons. The summed E-state index contributed by atoms with van der Waals surface area (Å²) in [7, 11) is 0. The summed E-state index contributed by atoms with van der Waals surface area (Å²) >= 11 is 4.35. The lowest BCUT2D eigenvalue weighted by atomic mass is 9.71. The van der Waals surface area contributed by atoms with Crippen molar-refractivity contribution >= 4 is 18.6 Å². The van der Waals surface area contributed by atoms with E-state index < -0.39 is 11.6 Å². The molecule has 128 valence electrons. The minimum Gasteiger partial charge on any atom is -0.593 e. The lowest BCUT2D eigenvalue weighted by molar-refractivity contribution is 0.0240. The highest BCUT2D eigenvalue weighted by atomic mass is 32.1. The smallest absolute Gasteiger partial charge is 0.340 e. The molecule has 1 heterocycles. The summed E-state index contributed by atoms with van der Waals surface area (Å²) in [6.45, 7) is 0. The molecule has 1 spiro atoms. The first kappa shape index (κ1) is 15.3. The second kappa shape index (κ2) is 5.05. The minimum atomic E-state index is -1.06. The summed E-state index contributed by atoms with van der Waals surface area (Å²) in [5.41, 5.74) is 3.73. The Hall–Kier alpha value is -2.92. The van der Waals surface area contributed by atoms with Gasteiger partial charge >= 0.3 is 5.97 Å². The highest BCUT2D eigenvalue weighted by Crippen LogP contribution is 2.52. The number of hydrogen-bond acceptors (Lipinski definition) is 4. The number of rotatable bonds is 0. The SMILES string of the molecule is O=C1OC2(c3ccc(O)cc3Cc3cc([OH2+])ccc32)c2ccc(S)cc21. The van der Waals surface area contributed by atoms with Crippen molar-refractivity contribution in [2.45, 2.75) is 16.9 Å². The maximum Gasteiger partial charge on any atom is 0.340 e. The maximum absolute atomic E-state index is 12.7. The molecule has 5 rings (SSSR count). The van der Waals surface area contributed by atoms with Gasteiger partial charge in [0.1, 0.15) is 5.75 Å². The predicted octanol–water partition coefficient (Wildman–Crippen LogP) is 3.49. The van der Waals surface area contributed by atoms with Crippen molar-refractivity contribution in [1.29, 1.82) is 0 Å². The molecule has 1 aliphatic heterocycles. The van der Waals surface area contributed by atoms with Crippen LogP contribution < -0.4 is 0 Å². The lowest BCUT2D eigenvalue weighted by Gasteiger charge is -2.37. The van der Waals surface area contributed by atoms with Crippen molar-refractivity contribution in [3.8, 4) is 11.5 Å². The Morgan fingerprint density at radius 2 is 1.65 bits per heavy atom. The largest absolute Gasteiger partial charge is 0.593 e. The molecular formula is C21H15O4S+. The molecule has 0 amide bonds. The minimum absolute atomic E-state index is 0.166. The fourth-order valence-corrected chi connectivity index (χ4v) is 4.36. The van der Waals surface area contributed by atoms with Crippen LogP contribution in [-0.2, 0) is 16.8 Å².